The molecule has 0 spiro atoms. The van der Waals surface area contributed by atoms with Crippen LogP contribution in [0, 0.1) is 0 Å². The first-order valence-electron chi connectivity index (χ1n) is 6.38. The number of anilines is 2. The third-order valence-corrected chi connectivity index (χ3v) is 6.08. The largest absolute Gasteiger partial charge is 0.495 e. The number of hydrogen-bond acceptors (Lipinski definition) is 6. The number of sulfonamides is 1. The lowest BCUT2D eigenvalue weighted by molar-refractivity contribution is 0.397. The minimum absolute atomic E-state index is 0.0156. The molecule has 0 atom stereocenters. The number of hydrogen-bond donors (Lipinski definition) is 3. The quantitative estimate of drug-likeness (QED) is 0.493. The zero-order chi connectivity index (χ0) is 19.0. The van der Waals surface area contributed by atoms with E-state index in [0.29, 0.717) is 0 Å². The van der Waals surface area contributed by atoms with Gasteiger partial charge in [0, 0.05) is 0 Å². The SMILES string of the molecule is COc1ccc(NS(=O)(=O)c2cc(Cl)c(N)cc2Cl)cc1S(=O)(=O)O. The first-order chi connectivity index (χ1) is 11.5. The van der Waals surface area contributed by atoms with Gasteiger partial charge in [-0.3, -0.25) is 9.27 Å². The zero-order valence-electron chi connectivity index (χ0n) is 12.5. The fourth-order valence-corrected chi connectivity index (χ4v) is 4.42. The van der Waals surface area contributed by atoms with Crippen LogP contribution in [0.2, 0.25) is 10.0 Å². The Hall–Kier alpha value is -1.72. The maximum absolute atomic E-state index is 12.5. The van der Waals surface area contributed by atoms with E-state index >= 15 is 0 Å². The second kappa shape index (κ2) is 6.89. The topological polar surface area (TPSA) is 136 Å². The number of nitrogen functional groups attached to an aromatic ring is 1. The second-order valence-electron chi connectivity index (χ2n) is 4.75. The number of ether oxygens (including phenoxy) is 1. The van der Waals surface area contributed by atoms with Gasteiger partial charge < -0.3 is 10.5 Å². The smallest absolute Gasteiger partial charge is 0.298 e. The van der Waals surface area contributed by atoms with Crippen LogP contribution in [-0.4, -0.2) is 28.5 Å². The van der Waals surface area contributed by atoms with Crippen LogP contribution in [0.4, 0.5) is 11.4 Å². The lowest BCUT2D eigenvalue weighted by Gasteiger charge is -2.13. The van der Waals surface area contributed by atoms with Crippen molar-refractivity contribution in [3.05, 3.63) is 40.4 Å². The van der Waals surface area contributed by atoms with E-state index in [1.165, 1.54) is 25.3 Å². The lowest BCUT2D eigenvalue weighted by Crippen LogP contribution is -2.14. The van der Waals surface area contributed by atoms with Crippen molar-refractivity contribution in [2.45, 2.75) is 9.79 Å². The van der Waals surface area contributed by atoms with Gasteiger partial charge in [0.2, 0.25) is 0 Å². The summed E-state index contributed by atoms with van der Waals surface area (Å²) in [5, 5.41) is -0.184. The molecule has 0 amide bonds. The predicted molar refractivity (Wildman–Crippen MR) is 94.5 cm³/mol. The maximum atomic E-state index is 12.5. The summed E-state index contributed by atoms with van der Waals surface area (Å²) < 4.78 is 63.9. The number of rotatable bonds is 5. The molecule has 0 aromatic heterocycles. The molecule has 0 saturated carbocycles. The van der Waals surface area contributed by atoms with Crippen LogP contribution in [0.15, 0.2) is 40.1 Å². The van der Waals surface area contributed by atoms with Crippen molar-refractivity contribution in [3.63, 3.8) is 0 Å². The van der Waals surface area contributed by atoms with Crippen LogP contribution in [0.1, 0.15) is 0 Å². The number of nitrogens with one attached hydrogen (secondary N) is 1. The molecule has 0 radical (unpaired) electrons. The minimum Gasteiger partial charge on any atom is -0.495 e. The van der Waals surface area contributed by atoms with Gasteiger partial charge in [0.15, 0.2) is 0 Å². The van der Waals surface area contributed by atoms with E-state index in [1.807, 2.05) is 0 Å². The van der Waals surface area contributed by atoms with Crippen LogP contribution < -0.4 is 15.2 Å². The molecule has 136 valence electrons. The normalized spacial score (nSPS) is 12.0. The fraction of sp³-hybridized carbons (Fsp3) is 0.0769. The molecule has 0 aliphatic heterocycles. The highest BCUT2D eigenvalue weighted by molar-refractivity contribution is 7.92. The molecular formula is C13H12Cl2N2O6S2. The summed E-state index contributed by atoms with van der Waals surface area (Å²) in [7, 11) is -7.64. The summed E-state index contributed by atoms with van der Waals surface area (Å²) in [5.41, 5.74) is 5.50. The first-order valence-corrected chi connectivity index (χ1v) is 10.1. The molecule has 0 saturated heterocycles. The highest BCUT2D eigenvalue weighted by Crippen LogP contribution is 2.32. The van der Waals surface area contributed by atoms with Gasteiger partial charge in [-0.25, -0.2) is 8.42 Å². The van der Waals surface area contributed by atoms with E-state index in [1.54, 1.807) is 0 Å². The van der Waals surface area contributed by atoms with Gasteiger partial charge in [0.1, 0.15) is 15.5 Å². The van der Waals surface area contributed by atoms with Crippen molar-refractivity contribution in [3.8, 4) is 5.75 Å². The van der Waals surface area contributed by atoms with Crippen LogP contribution in [-0.2, 0) is 20.1 Å². The molecule has 2 aromatic rings. The van der Waals surface area contributed by atoms with E-state index in [9.17, 15) is 21.4 Å². The van der Waals surface area contributed by atoms with E-state index in [2.05, 4.69) is 4.72 Å². The molecule has 0 heterocycles. The molecule has 0 fully saturated rings. The van der Waals surface area contributed by atoms with Crippen molar-refractivity contribution < 1.29 is 26.1 Å². The molecule has 2 rings (SSSR count). The third kappa shape index (κ3) is 4.28. The number of methoxy groups -OCH3 is 1. The number of benzene rings is 2. The summed E-state index contributed by atoms with van der Waals surface area (Å²) in [6, 6.07) is 5.57. The summed E-state index contributed by atoms with van der Waals surface area (Å²) in [6.07, 6.45) is 0. The van der Waals surface area contributed by atoms with Gasteiger partial charge >= 0.3 is 0 Å². The standard InChI is InChI=1S/C13H12Cl2N2O6S2/c1-23-11-3-2-7(4-13(11)25(20,21)22)17-24(18,19)12-6-8(14)10(16)5-9(12)15/h2-6,17H,16H2,1H3,(H,20,21,22). The van der Waals surface area contributed by atoms with Crippen LogP contribution in [0.3, 0.4) is 0 Å². The summed E-state index contributed by atoms with van der Waals surface area (Å²) in [4.78, 5) is -0.950. The van der Waals surface area contributed by atoms with Gasteiger partial charge in [-0.2, -0.15) is 8.42 Å². The monoisotopic (exact) mass is 426 g/mol. The Morgan fingerprint density at radius 3 is 2.24 bits per heavy atom. The molecule has 0 bridgehead atoms. The molecule has 25 heavy (non-hydrogen) atoms. The summed E-state index contributed by atoms with van der Waals surface area (Å²) in [5.74, 6) is -0.154. The Kier molecular flexibility index (Phi) is 5.40. The predicted octanol–water partition coefficient (Wildman–Crippen LogP) is 2.63. The molecule has 12 heteroatoms. The Morgan fingerprint density at radius 2 is 1.68 bits per heavy atom. The Bertz CT molecular complexity index is 1040. The molecule has 0 unspecified atom stereocenters. The van der Waals surface area contributed by atoms with Crippen LogP contribution in [0.25, 0.3) is 0 Å². The van der Waals surface area contributed by atoms with Crippen molar-refractivity contribution in [2.24, 2.45) is 0 Å². The van der Waals surface area contributed by atoms with Gasteiger partial charge in [-0.05, 0) is 30.3 Å². The van der Waals surface area contributed by atoms with Crippen molar-refractivity contribution in [2.75, 3.05) is 17.6 Å². The van der Waals surface area contributed by atoms with Gasteiger partial charge in [-0.15, -0.1) is 0 Å². The molecular weight excluding hydrogens is 415 g/mol. The Labute approximate surface area is 154 Å². The first kappa shape index (κ1) is 19.6. The molecule has 4 N–H and O–H groups in total. The van der Waals surface area contributed by atoms with E-state index in [-0.39, 0.29) is 32.1 Å². The number of nitrogens with two attached hydrogens (primary N) is 1. The highest BCUT2D eigenvalue weighted by Gasteiger charge is 2.22. The van der Waals surface area contributed by atoms with E-state index in [0.717, 1.165) is 12.1 Å². The van der Waals surface area contributed by atoms with Crippen LogP contribution >= 0.6 is 23.2 Å². The summed E-state index contributed by atoms with van der Waals surface area (Å²) in [6.45, 7) is 0. The minimum atomic E-state index is -4.63. The average Bonchev–Trinajstić information content (AvgIpc) is 2.49. The fourth-order valence-electron chi connectivity index (χ4n) is 1.90. The van der Waals surface area contributed by atoms with Gasteiger partial charge in [-0.1, -0.05) is 23.2 Å². The van der Waals surface area contributed by atoms with Crippen molar-refractivity contribution in [1.82, 2.24) is 0 Å². The maximum Gasteiger partial charge on any atom is 0.298 e. The molecule has 0 aliphatic rings. The van der Waals surface area contributed by atoms with Crippen molar-refractivity contribution >= 4 is 54.7 Å². The highest BCUT2D eigenvalue weighted by atomic mass is 35.5. The van der Waals surface area contributed by atoms with Crippen molar-refractivity contribution in [1.29, 1.82) is 0 Å². The molecule has 2 aromatic carbocycles. The zero-order valence-corrected chi connectivity index (χ0v) is 15.7. The summed E-state index contributed by atoms with van der Waals surface area (Å²) >= 11 is 11.7. The van der Waals surface area contributed by atoms with Crippen LogP contribution in [0.5, 0.6) is 5.75 Å². The molecule has 8 nitrogen and oxygen atoms in total. The Morgan fingerprint density at radius 1 is 1.04 bits per heavy atom. The van der Waals surface area contributed by atoms with Gasteiger partial charge in [0.05, 0.1) is 28.5 Å². The average molecular weight is 427 g/mol. The molecule has 0 aliphatic carbocycles. The van der Waals surface area contributed by atoms with E-state index in [4.69, 9.17) is 33.7 Å². The van der Waals surface area contributed by atoms with Gasteiger partial charge in [0.25, 0.3) is 20.1 Å². The lowest BCUT2D eigenvalue weighted by atomic mass is 10.3. The van der Waals surface area contributed by atoms with E-state index < -0.39 is 25.0 Å². The second-order valence-corrected chi connectivity index (χ2v) is 8.61. The Balaban J connectivity index is 2.51. The third-order valence-electron chi connectivity index (χ3n) is 3.03. The number of halogens is 2.